The Morgan fingerprint density at radius 2 is 1.70 bits per heavy atom. The van der Waals surface area contributed by atoms with Crippen LogP contribution in [0.25, 0.3) is 11.3 Å². The van der Waals surface area contributed by atoms with E-state index >= 15 is 0 Å². The first-order valence-corrected chi connectivity index (χ1v) is 11.6. The van der Waals surface area contributed by atoms with E-state index in [-0.39, 0.29) is 10.6 Å². The van der Waals surface area contributed by atoms with Crippen molar-refractivity contribution in [3.8, 4) is 11.3 Å². The second-order valence-electron chi connectivity index (χ2n) is 7.76. The van der Waals surface area contributed by atoms with Gasteiger partial charge in [-0.2, -0.15) is 0 Å². The zero-order chi connectivity index (χ0) is 21.1. The molecule has 0 amide bonds. The number of aromatic nitrogens is 1. The number of hydrogen-bond donors (Lipinski definition) is 0. The third-order valence-corrected chi connectivity index (χ3v) is 6.82. The van der Waals surface area contributed by atoms with Crippen molar-refractivity contribution >= 4 is 22.7 Å². The SMILES string of the molecule is CCc1cccc(CC)c1N=c1scc(-c2ccc([N+](=O)[O-])cc2)n1C1CCCC1. The maximum absolute atomic E-state index is 11.0. The van der Waals surface area contributed by atoms with Gasteiger partial charge in [-0.05, 0) is 54.5 Å². The van der Waals surface area contributed by atoms with Gasteiger partial charge in [-0.25, -0.2) is 4.99 Å². The predicted octanol–water partition coefficient (Wildman–Crippen LogP) is 6.60. The molecule has 1 aliphatic carbocycles. The molecule has 1 aliphatic rings. The molecule has 0 bridgehead atoms. The molecule has 1 heterocycles. The van der Waals surface area contributed by atoms with Gasteiger partial charge in [-0.15, -0.1) is 11.3 Å². The highest BCUT2D eigenvalue weighted by atomic mass is 32.1. The van der Waals surface area contributed by atoms with Gasteiger partial charge in [-0.1, -0.05) is 44.9 Å². The van der Waals surface area contributed by atoms with Crippen LogP contribution in [0, 0.1) is 10.1 Å². The van der Waals surface area contributed by atoms with Crippen molar-refractivity contribution in [1.29, 1.82) is 0 Å². The van der Waals surface area contributed by atoms with Gasteiger partial charge in [0, 0.05) is 23.6 Å². The van der Waals surface area contributed by atoms with Gasteiger partial charge in [-0.3, -0.25) is 10.1 Å². The van der Waals surface area contributed by atoms with E-state index in [1.165, 1.54) is 24.0 Å². The topological polar surface area (TPSA) is 60.4 Å². The number of thiazole rings is 1. The monoisotopic (exact) mass is 421 g/mol. The van der Waals surface area contributed by atoms with E-state index in [2.05, 4.69) is 42.0 Å². The van der Waals surface area contributed by atoms with Gasteiger partial charge >= 0.3 is 0 Å². The van der Waals surface area contributed by atoms with Crippen LogP contribution in [0.2, 0.25) is 0 Å². The summed E-state index contributed by atoms with van der Waals surface area (Å²) in [6.45, 7) is 4.35. The summed E-state index contributed by atoms with van der Waals surface area (Å²) in [5.74, 6) is 0. The fourth-order valence-electron chi connectivity index (χ4n) is 4.34. The molecule has 6 heteroatoms. The molecule has 3 aromatic rings. The third kappa shape index (κ3) is 3.97. The number of non-ortho nitro benzene ring substituents is 1. The van der Waals surface area contributed by atoms with Gasteiger partial charge in [0.1, 0.15) is 0 Å². The molecule has 1 aromatic heterocycles. The minimum atomic E-state index is -0.350. The maximum atomic E-state index is 11.0. The first-order valence-electron chi connectivity index (χ1n) is 10.7. The highest BCUT2D eigenvalue weighted by Crippen LogP contribution is 2.34. The highest BCUT2D eigenvalue weighted by Gasteiger charge is 2.22. The van der Waals surface area contributed by atoms with E-state index in [1.807, 2.05) is 12.1 Å². The zero-order valence-electron chi connectivity index (χ0n) is 17.5. The molecule has 0 saturated heterocycles. The van der Waals surface area contributed by atoms with E-state index in [0.29, 0.717) is 6.04 Å². The molecule has 0 N–H and O–H groups in total. The summed E-state index contributed by atoms with van der Waals surface area (Å²) in [7, 11) is 0. The fraction of sp³-hybridized carbons (Fsp3) is 0.375. The smallest absolute Gasteiger partial charge is 0.269 e. The first-order chi connectivity index (χ1) is 14.6. The van der Waals surface area contributed by atoms with Crippen molar-refractivity contribution in [3.05, 3.63) is 73.9 Å². The number of nitro benzene ring substituents is 1. The summed E-state index contributed by atoms with van der Waals surface area (Å²) >= 11 is 1.66. The van der Waals surface area contributed by atoms with Gasteiger partial charge in [0.05, 0.1) is 16.3 Å². The lowest BCUT2D eigenvalue weighted by Gasteiger charge is -2.16. The van der Waals surface area contributed by atoms with Crippen LogP contribution in [0.4, 0.5) is 11.4 Å². The summed E-state index contributed by atoms with van der Waals surface area (Å²) in [4.78, 5) is 16.9. The van der Waals surface area contributed by atoms with Gasteiger partial charge in [0.25, 0.3) is 5.69 Å². The molecular weight excluding hydrogens is 394 g/mol. The Labute approximate surface area is 180 Å². The molecule has 0 atom stereocenters. The maximum Gasteiger partial charge on any atom is 0.269 e. The molecule has 1 fully saturated rings. The number of para-hydroxylation sites is 1. The van der Waals surface area contributed by atoms with Crippen LogP contribution >= 0.6 is 11.3 Å². The van der Waals surface area contributed by atoms with E-state index < -0.39 is 0 Å². The van der Waals surface area contributed by atoms with Crippen LogP contribution in [0.5, 0.6) is 0 Å². The van der Waals surface area contributed by atoms with Gasteiger partial charge in [0.15, 0.2) is 4.80 Å². The van der Waals surface area contributed by atoms with Crippen LogP contribution in [-0.2, 0) is 12.8 Å². The lowest BCUT2D eigenvalue weighted by molar-refractivity contribution is -0.384. The summed E-state index contributed by atoms with van der Waals surface area (Å²) in [5, 5.41) is 13.2. The fourth-order valence-corrected chi connectivity index (χ4v) is 5.31. The number of aryl methyl sites for hydroxylation is 2. The number of nitrogens with zero attached hydrogens (tertiary/aromatic N) is 3. The quantitative estimate of drug-likeness (QED) is 0.333. The average molecular weight is 422 g/mol. The Morgan fingerprint density at radius 1 is 1.07 bits per heavy atom. The van der Waals surface area contributed by atoms with Crippen molar-refractivity contribution in [1.82, 2.24) is 4.57 Å². The summed E-state index contributed by atoms with van der Waals surface area (Å²) in [6, 6.07) is 13.8. The minimum Gasteiger partial charge on any atom is -0.313 e. The highest BCUT2D eigenvalue weighted by molar-refractivity contribution is 7.07. The molecule has 0 unspecified atom stereocenters. The van der Waals surface area contributed by atoms with Crippen molar-refractivity contribution in [3.63, 3.8) is 0 Å². The number of hydrogen-bond acceptors (Lipinski definition) is 4. The standard InChI is InChI=1S/C24H27N3O2S/c1-3-17-8-7-9-18(4-2)23(17)25-24-26(20-10-5-6-11-20)22(16-30-24)19-12-14-21(15-13-19)27(28)29/h7-9,12-16,20H,3-6,10-11H2,1-2H3. The van der Waals surface area contributed by atoms with Gasteiger partial charge in [0.2, 0.25) is 0 Å². The number of benzene rings is 2. The third-order valence-electron chi connectivity index (χ3n) is 5.98. The summed E-state index contributed by atoms with van der Waals surface area (Å²) in [6.07, 6.45) is 6.68. The van der Waals surface area contributed by atoms with E-state index in [9.17, 15) is 10.1 Å². The van der Waals surface area contributed by atoms with Crippen molar-refractivity contribution in [2.75, 3.05) is 0 Å². The lowest BCUT2D eigenvalue weighted by atomic mass is 10.0. The van der Waals surface area contributed by atoms with Crippen molar-refractivity contribution < 1.29 is 4.92 Å². The van der Waals surface area contributed by atoms with Gasteiger partial charge < -0.3 is 4.57 Å². The number of nitro groups is 1. The minimum absolute atomic E-state index is 0.121. The van der Waals surface area contributed by atoms with Crippen LogP contribution in [0.3, 0.4) is 0 Å². The summed E-state index contributed by atoms with van der Waals surface area (Å²) < 4.78 is 2.38. The molecular formula is C24H27N3O2S. The van der Waals surface area contributed by atoms with E-state index in [4.69, 9.17) is 4.99 Å². The molecule has 0 radical (unpaired) electrons. The molecule has 156 valence electrons. The average Bonchev–Trinajstić information content (AvgIpc) is 3.43. The number of rotatable bonds is 6. The molecule has 4 rings (SSSR count). The zero-order valence-corrected chi connectivity index (χ0v) is 18.3. The summed E-state index contributed by atoms with van der Waals surface area (Å²) in [5.41, 5.74) is 5.88. The molecule has 30 heavy (non-hydrogen) atoms. The van der Waals surface area contributed by atoms with E-state index in [0.717, 1.165) is 47.4 Å². The van der Waals surface area contributed by atoms with Crippen LogP contribution in [0.15, 0.2) is 52.8 Å². The van der Waals surface area contributed by atoms with E-state index in [1.54, 1.807) is 23.5 Å². The second kappa shape index (κ2) is 8.96. The Balaban J connectivity index is 1.88. The Bertz CT molecular complexity index is 1080. The molecule has 5 nitrogen and oxygen atoms in total. The second-order valence-corrected chi connectivity index (χ2v) is 8.60. The molecule has 2 aromatic carbocycles. The van der Waals surface area contributed by atoms with Crippen molar-refractivity contribution in [2.24, 2.45) is 4.99 Å². The van der Waals surface area contributed by atoms with Crippen LogP contribution < -0.4 is 4.80 Å². The normalized spacial score (nSPS) is 15.1. The first kappa shape index (κ1) is 20.5. The van der Waals surface area contributed by atoms with Crippen LogP contribution in [0.1, 0.15) is 56.7 Å². The van der Waals surface area contributed by atoms with Crippen molar-refractivity contribution in [2.45, 2.75) is 58.4 Å². The molecule has 0 spiro atoms. The Morgan fingerprint density at radius 3 is 2.27 bits per heavy atom. The Hall–Kier alpha value is -2.73. The molecule has 1 saturated carbocycles. The largest absolute Gasteiger partial charge is 0.313 e. The predicted molar refractivity (Wildman–Crippen MR) is 122 cm³/mol. The lowest BCUT2D eigenvalue weighted by Crippen LogP contribution is -2.20. The Kier molecular flexibility index (Phi) is 6.13. The molecule has 0 aliphatic heterocycles. The van der Waals surface area contributed by atoms with Crippen LogP contribution in [-0.4, -0.2) is 9.49 Å².